The van der Waals surface area contributed by atoms with Crippen molar-refractivity contribution in [3.05, 3.63) is 51.0 Å². The Morgan fingerprint density at radius 3 is 2.33 bits per heavy atom. The van der Waals surface area contributed by atoms with Gasteiger partial charge in [0.1, 0.15) is 5.82 Å². The van der Waals surface area contributed by atoms with E-state index in [0.29, 0.717) is 12.8 Å². The van der Waals surface area contributed by atoms with Crippen LogP contribution in [0.3, 0.4) is 0 Å². The van der Waals surface area contributed by atoms with Crippen LogP contribution in [0, 0.1) is 34.9 Å². The number of carbonyl (C=O) groups excluding carboxylic acids is 2. The Bertz CT molecular complexity index is 1430. The number of benzene rings is 1. The number of carbonyl (C=O) groups is 3. The zero-order valence-corrected chi connectivity index (χ0v) is 24.7. The van der Waals surface area contributed by atoms with Crippen LogP contribution in [0.5, 0.6) is 0 Å². The van der Waals surface area contributed by atoms with Crippen molar-refractivity contribution in [2.24, 2.45) is 29.1 Å². The van der Waals surface area contributed by atoms with Crippen LogP contribution in [-0.4, -0.2) is 50.0 Å². The topological polar surface area (TPSA) is 92.5 Å². The van der Waals surface area contributed by atoms with Gasteiger partial charge in [-0.1, -0.05) is 44.0 Å². The Balaban J connectivity index is 1.50. The van der Waals surface area contributed by atoms with Crippen LogP contribution in [0.15, 0.2) is 18.3 Å². The molecule has 13 heteroatoms. The van der Waals surface area contributed by atoms with Crippen molar-refractivity contribution in [1.82, 2.24) is 14.7 Å². The Morgan fingerprint density at radius 2 is 1.76 bits per heavy atom. The number of carboxylic acid groups (broad SMARTS) is 1. The van der Waals surface area contributed by atoms with Crippen molar-refractivity contribution >= 4 is 40.9 Å². The van der Waals surface area contributed by atoms with Crippen LogP contribution >= 0.6 is 23.2 Å². The van der Waals surface area contributed by atoms with Gasteiger partial charge in [0, 0.05) is 6.04 Å². The zero-order valence-electron chi connectivity index (χ0n) is 23.2. The minimum Gasteiger partial charge on any atom is -0.481 e. The van der Waals surface area contributed by atoms with Gasteiger partial charge in [-0.3, -0.25) is 19.1 Å². The lowest BCUT2D eigenvalue weighted by atomic mass is 9.78. The van der Waals surface area contributed by atoms with Crippen LogP contribution in [0.1, 0.15) is 85.3 Å². The zero-order chi connectivity index (χ0) is 30.9. The third kappa shape index (κ3) is 5.31. The van der Waals surface area contributed by atoms with E-state index in [-0.39, 0.29) is 47.1 Å². The number of ketones is 1. The maximum absolute atomic E-state index is 14.6. The molecule has 0 aliphatic heterocycles. The molecule has 0 radical (unpaired) electrons. The second kappa shape index (κ2) is 10.8. The molecule has 42 heavy (non-hydrogen) atoms. The minimum atomic E-state index is -4.96. The first-order chi connectivity index (χ1) is 19.5. The molecule has 5 atom stereocenters. The number of nitrogens with zero attached hydrogens (tertiary/aromatic N) is 3. The Kier molecular flexibility index (Phi) is 7.92. The van der Waals surface area contributed by atoms with Gasteiger partial charge in [0.15, 0.2) is 11.5 Å². The summed E-state index contributed by atoms with van der Waals surface area (Å²) in [6, 6.07) is 0.868. The number of hydrogen-bond acceptors (Lipinski definition) is 4. The van der Waals surface area contributed by atoms with E-state index in [0.717, 1.165) is 27.9 Å². The molecule has 2 aromatic rings. The number of hydrogen-bond donors (Lipinski definition) is 1. The summed E-state index contributed by atoms with van der Waals surface area (Å²) in [5.74, 6) is -4.25. The number of Topliss-reactive ketones (excluding diaryl/α,β-unsaturated/α-hetero) is 1. The fourth-order valence-electron chi connectivity index (χ4n) is 7.30. The van der Waals surface area contributed by atoms with E-state index in [9.17, 15) is 37.1 Å². The Hall–Kier alpha value is -2.66. The van der Waals surface area contributed by atoms with Gasteiger partial charge in [-0.25, -0.2) is 4.39 Å². The average Bonchev–Trinajstić information content (AvgIpc) is 3.33. The van der Waals surface area contributed by atoms with Crippen LogP contribution in [-0.2, 0) is 11.0 Å². The molecule has 7 nitrogen and oxygen atoms in total. The highest BCUT2D eigenvalue weighted by atomic mass is 35.5. The quantitative estimate of drug-likeness (QED) is 0.199. The van der Waals surface area contributed by atoms with Crippen molar-refractivity contribution in [3.8, 4) is 0 Å². The molecule has 5 unspecified atom stereocenters. The molecule has 0 bridgehead atoms. The lowest BCUT2D eigenvalue weighted by molar-refractivity contribution is -0.149. The van der Waals surface area contributed by atoms with E-state index in [4.69, 9.17) is 23.2 Å². The molecule has 5 rings (SSSR count). The average molecular weight is 632 g/mol. The van der Waals surface area contributed by atoms with Gasteiger partial charge in [-0.05, 0) is 67.4 Å². The van der Waals surface area contributed by atoms with Crippen LogP contribution in [0.25, 0.3) is 0 Å². The molecule has 3 aliphatic rings. The first kappa shape index (κ1) is 30.8. The maximum atomic E-state index is 14.6. The SMILES string of the molecule is CC1CC(n2ncc(C(=O)N(CC(=O)c3c(Cl)ccc(F)c3Cl)C3CC4C(C3)C4(C)C)c2C(F)(F)F)CCC1C(=O)O. The standard InChI is InChI=1S/C29H31Cl2F4N3O4/c1-13-8-14(4-5-16(13)27(41)42)38-25(29(33,34)35)17(11-36-38)26(40)37(15-9-18-19(10-15)28(18,2)3)12-22(39)23-20(30)6-7-21(32)24(23)31/h6-7,11,13-16,18-19H,4-5,8-10,12H2,1-3H3,(H,41,42). The second-order valence-electron chi connectivity index (χ2n) is 12.5. The third-order valence-corrected chi connectivity index (χ3v) is 10.5. The van der Waals surface area contributed by atoms with E-state index in [1.165, 1.54) is 0 Å². The molecule has 228 valence electrons. The van der Waals surface area contributed by atoms with Gasteiger partial charge in [0.2, 0.25) is 0 Å². The number of aliphatic carboxylic acids is 1. The fraction of sp³-hybridized carbons (Fsp3) is 0.586. The van der Waals surface area contributed by atoms with Crippen LogP contribution in [0.2, 0.25) is 10.0 Å². The maximum Gasteiger partial charge on any atom is 0.433 e. The summed E-state index contributed by atoms with van der Waals surface area (Å²) in [7, 11) is 0. The largest absolute Gasteiger partial charge is 0.481 e. The highest BCUT2D eigenvalue weighted by Crippen LogP contribution is 2.67. The lowest BCUT2D eigenvalue weighted by Crippen LogP contribution is -2.44. The molecular formula is C29H31Cl2F4N3O4. The summed E-state index contributed by atoms with van der Waals surface area (Å²) in [5.41, 5.74) is -2.23. The van der Waals surface area contributed by atoms with Crippen molar-refractivity contribution in [2.45, 2.75) is 71.1 Å². The Morgan fingerprint density at radius 1 is 1.12 bits per heavy atom. The van der Waals surface area contributed by atoms with Crippen LogP contribution in [0.4, 0.5) is 17.6 Å². The fourth-order valence-corrected chi connectivity index (χ4v) is 7.88. The van der Waals surface area contributed by atoms with Gasteiger partial charge in [0.25, 0.3) is 5.91 Å². The predicted molar refractivity (Wildman–Crippen MR) is 146 cm³/mol. The molecule has 3 aliphatic carbocycles. The first-order valence-electron chi connectivity index (χ1n) is 13.9. The summed E-state index contributed by atoms with van der Waals surface area (Å²) in [4.78, 5) is 40.0. The monoisotopic (exact) mass is 631 g/mol. The number of carboxylic acids is 1. The molecule has 0 saturated heterocycles. The number of alkyl halides is 3. The summed E-state index contributed by atoms with van der Waals surface area (Å²) in [6.07, 6.45) is -2.59. The molecule has 1 aromatic carbocycles. The van der Waals surface area contributed by atoms with Crippen molar-refractivity contribution in [2.75, 3.05) is 6.54 Å². The van der Waals surface area contributed by atoms with Crippen LogP contribution < -0.4 is 0 Å². The summed E-state index contributed by atoms with van der Waals surface area (Å²) < 4.78 is 58.7. The molecule has 1 N–H and O–H groups in total. The van der Waals surface area contributed by atoms with Gasteiger partial charge in [0.05, 0.1) is 45.9 Å². The van der Waals surface area contributed by atoms with E-state index in [1.807, 2.05) is 0 Å². The predicted octanol–water partition coefficient (Wildman–Crippen LogP) is 7.17. The number of fused-ring (bicyclic) bond motifs is 1. The molecular weight excluding hydrogens is 601 g/mol. The second-order valence-corrected chi connectivity index (χ2v) is 13.3. The smallest absolute Gasteiger partial charge is 0.433 e. The van der Waals surface area contributed by atoms with E-state index in [1.54, 1.807) is 6.92 Å². The van der Waals surface area contributed by atoms with Gasteiger partial charge < -0.3 is 10.0 Å². The number of aromatic nitrogens is 2. The minimum absolute atomic E-state index is 0.0396. The van der Waals surface area contributed by atoms with Crippen molar-refractivity contribution in [3.63, 3.8) is 0 Å². The number of halogens is 6. The number of rotatable bonds is 7. The van der Waals surface area contributed by atoms with Crippen molar-refractivity contribution < 1.29 is 37.1 Å². The molecule has 3 saturated carbocycles. The molecule has 1 amide bonds. The van der Waals surface area contributed by atoms with Gasteiger partial charge in [-0.2, -0.15) is 18.3 Å². The highest BCUT2D eigenvalue weighted by molar-refractivity contribution is 6.40. The van der Waals surface area contributed by atoms with Gasteiger partial charge >= 0.3 is 12.1 Å². The molecule has 3 fully saturated rings. The van der Waals surface area contributed by atoms with Crippen molar-refractivity contribution in [1.29, 1.82) is 0 Å². The number of amides is 1. The molecule has 0 spiro atoms. The molecule has 1 aromatic heterocycles. The van der Waals surface area contributed by atoms with E-state index < -0.39 is 76.4 Å². The van der Waals surface area contributed by atoms with E-state index in [2.05, 4.69) is 18.9 Å². The van der Waals surface area contributed by atoms with Gasteiger partial charge in [-0.15, -0.1) is 0 Å². The lowest BCUT2D eigenvalue weighted by Gasteiger charge is -2.33. The molecule has 1 heterocycles. The highest BCUT2D eigenvalue weighted by Gasteiger charge is 2.63. The van der Waals surface area contributed by atoms with E-state index >= 15 is 0 Å². The first-order valence-corrected chi connectivity index (χ1v) is 14.6. The summed E-state index contributed by atoms with van der Waals surface area (Å²) in [5, 5.41) is 12.8. The Labute approximate surface area is 250 Å². The third-order valence-electron chi connectivity index (χ3n) is 9.78. The normalized spacial score (nSPS) is 28.3. The summed E-state index contributed by atoms with van der Waals surface area (Å²) >= 11 is 12.2. The summed E-state index contributed by atoms with van der Waals surface area (Å²) in [6.45, 7) is 5.22.